The Bertz CT molecular complexity index is 1750. The van der Waals surface area contributed by atoms with Gasteiger partial charge in [0.1, 0.15) is 19.3 Å². The van der Waals surface area contributed by atoms with Crippen molar-refractivity contribution in [3.05, 3.63) is 0 Å². The van der Waals surface area contributed by atoms with E-state index in [9.17, 15) is 43.2 Å². The first-order chi connectivity index (χ1) is 42.2. The molecule has 0 heterocycles. The molecule has 88 heavy (non-hydrogen) atoms. The van der Waals surface area contributed by atoms with Gasteiger partial charge in [0.05, 0.1) is 26.4 Å². The monoisotopic (exact) mass is 1300 g/mol. The number of hydrogen-bond acceptors (Lipinski definition) is 15. The van der Waals surface area contributed by atoms with Crippen molar-refractivity contribution in [2.45, 2.75) is 356 Å². The standard InChI is InChI=1S/C69H134O17P2/c1-9-61(7)47-39-31-24-27-34-42-50-67(72)80-56-65(86-69(74)52-44-36-28-25-32-40-48-62(8)10-2)58-84-88(77,78)82-54-63(70)53-81-87(75,76)83-57-64(55-79-66(71)49-41-33-26-23-30-38-46-60(5)6)85-68(73)51-43-35-22-20-18-16-14-12-11-13-15-17-19-21-29-37-45-59(3)4/h59-65,70H,9-58H2,1-8H3,(H,75,76)(H,77,78)/t61?,62?,63?,64-,65-/m1/s1. The van der Waals surface area contributed by atoms with Crippen LogP contribution in [0.4, 0.5) is 0 Å². The number of unbranched alkanes of at least 4 members (excludes halogenated alkanes) is 30. The van der Waals surface area contributed by atoms with Crippen molar-refractivity contribution in [1.82, 2.24) is 0 Å². The lowest BCUT2D eigenvalue weighted by Crippen LogP contribution is -2.30. The van der Waals surface area contributed by atoms with E-state index in [1.807, 2.05) is 0 Å². The second kappa shape index (κ2) is 58.8. The van der Waals surface area contributed by atoms with Crippen LogP contribution in [0.2, 0.25) is 0 Å². The number of phosphoric ester groups is 2. The minimum absolute atomic E-state index is 0.101. The molecule has 522 valence electrons. The highest BCUT2D eigenvalue weighted by molar-refractivity contribution is 7.47. The molecule has 0 aromatic heterocycles. The maximum Gasteiger partial charge on any atom is 0.472 e. The molecule has 3 N–H and O–H groups in total. The molecule has 0 saturated heterocycles. The zero-order chi connectivity index (χ0) is 65.4. The molecule has 0 aromatic rings. The van der Waals surface area contributed by atoms with E-state index in [0.717, 1.165) is 120 Å². The fourth-order valence-corrected chi connectivity index (χ4v) is 11.8. The molecule has 0 aliphatic carbocycles. The topological polar surface area (TPSA) is 237 Å². The van der Waals surface area contributed by atoms with Crippen LogP contribution in [0.15, 0.2) is 0 Å². The van der Waals surface area contributed by atoms with E-state index in [1.54, 1.807) is 0 Å². The molecule has 0 fully saturated rings. The Kier molecular flexibility index (Phi) is 57.6. The molecule has 0 aliphatic rings. The highest BCUT2D eigenvalue weighted by atomic mass is 31.2. The normalized spacial score (nSPS) is 14.9. The molecule has 0 saturated carbocycles. The minimum Gasteiger partial charge on any atom is -0.462 e. The smallest absolute Gasteiger partial charge is 0.462 e. The van der Waals surface area contributed by atoms with E-state index in [4.69, 9.17) is 37.0 Å². The first-order valence-corrected chi connectivity index (χ1v) is 38.8. The summed E-state index contributed by atoms with van der Waals surface area (Å²) in [4.78, 5) is 72.4. The molecule has 0 bridgehead atoms. The van der Waals surface area contributed by atoms with Crippen LogP contribution in [0, 0.1) is 23.7 Å². The number of hydrogen-bond donors (Lipinski definition) is 3. The summed E-state index contributed by atoms with van der Waals surface area (Å²) in [5.74, 6) is 0.803. The van der Waals surface area contributed by atoms with Crippen LogP contribution in [-0.4, -0.2) is 96.7 Å². The summed E-state index contributed by atoms with van der Waals surface area (Å²) in [6.45, 7) is 14.0. The van der Waals surface area contributed by atoms with Gasteiger partial charge in [-0.3, -0.25) is 37.3 Å². The number of aliphatic hydroxyl groups excluding tert-OH is 1. The Morgan fingerprint density at radius 2 is 0.545 bits per heavy atom. The molecule has 0 aromatic carbocycles. The second-order valence-corrected chi connectivity index (χ2v) is 29.3. The second-order valence-electron chi connectivity index (χ2n) is 26.4. The Morgan fingerprint density at radius 1 is 0.318 bits per heavy atom. The average molecular weight is 1300 g/mol. The number of aliphatic hydroxyl groups is 1. The summed E-state index contributed by atoms with van der Waals surface area (Å²) in [6.07, 6.45) is 40.6. The van der Waals surface area contributed by atoms with Gasteiger partial charge in [0.15, 0.2) is 12.2 Å². The van der Waals surface area contributed by atoms with Gasteiger partial charge in [0.2, 0.25) is 0 Å². The van der Waals surface area contributed by atoms with Crippen molar-refractivity contribution < 1.29 is 80.2 Å². The van der Waals surface area contributed by atoms with Crippen molar-refractivity contribution in [2.75, 3.05) is 39.6 Å². The fourth-order valence-electron chi connectivity index (χ4n) is 10.2. The lowest BCUT2D eigenvalue weighted by molar-refractivity contribution is -0.161. The lowest BCUT2D eigenvalue weighted by atomic mass is 10.00. The summed E-state index contributed by atoms with van der Waals surface area (Å²) in [5.41, 5.74) is 0. The number of carbonyl (C=O) groups excluding carboxylic acids is 4. The average Bonchev–Trinajstić information content (AvgIpc) is 3.62. The van der Waals surface area contributed by atoms with E-state index in [0.29, 0.717) is 31.6 Å². The molecule has 0 spiro atoms. The predicted octanol–water partition coefficient (Wildman–Crippen LogP) is 19.3. The van der Waals surface area contributed by atoms with Gasteiger partial charge in [-0.05, 0) is 49.4 Å². The van der Waals surface area contributed by atoms with Crippen LogP contribution in [0.25, 0.3) is 0 Å². The first-order valence-electron chi connectivity index (χ1n) is 35.8. The van der Waals surface area contributed by atoms with Crippen molar-refractivity contribution in [3.63, 3.8) is 0 Å². The van der Waals surface area contributed by atoms with Gasteiger partial charge in [0, 0.05) is 25.7 Å². The van der Waals surface area contributed by atoms with Crippen LogP contribution in [-0.2, 0) is 65.4 Å². The van der Waals surface area contributed by atoms with Gasteiger partial charge in [-0.2, -0.15) is 0 Å². The maximum absolute atomic E-state index is 13.0. The number of phosphoric acid groups is 2. The molecule has 0 amide bonds. The van der Waals surface area contributed by atoms with Crippen LogP contribution in [0.1, 0.15) is 338 Å². The zero-order valence-corrected chi connectivity index (χ0v) is 59.1. The molecule has 17 nitrogen and oxygen atoms in total. The minimum atomic E-state index is -4.95. The summed E-state index contributed by atoms with van der Waals surface area (Å²) >= 11 is 0. The molecule has 0 aliphatic heterocycles. The summed E-state index contributed by atoms with van der Waals surface area (Å²) in [7, 11) is -9.90. The van der Waals surface area contributed by atoms with Gasteiger partial charge in [-0.15, -0.1) is 0 Å². The molecular formula is C69H134O17P2. The first kappa shape index (κ1) is 86.1. The van der Waals surface area contributed by atoms with Gasteiger partial charge in [-0.25, -0.2) is 9.13 Å². The fraction of sp³-hybridized carbons (Fsp3) is 0.942. The third-order valence-electron chi connectivity index (χ3n) is 16.5. The molecule has 7 atom stereocenters. The highest BCUT2D eigenvalue weighted by Crippen LogP contribution is 2.45. The van der Waals surface area contributed by atoms with Crippen LogP contribution < -0.4 is 0 Å². The van der Waals surface area contributed by atoms with Crippen molar-refractivity contribution >= 4 is 39.5 Å². The quantitative estimate of drug-likeness (QED) is 0.0222. The van der Waals surface area contributed by atoms with Gasteiger partial charge >= 0.3 is 39.5 Å². The molecule has 0 radical (unpaired) electrons. The third kappa shape index (κ3) is 60.3. The van der Waals surface area contributed by atoms with E-state index in [2.05, 4.69) is 55.4 Å². The molecular weight excluding hydrogens is 1160 g/mol. The van der Waals surface area contributed by atoms with Gasteiger partial charge in [0.25, 0.3) is 0 Å². The number of carbonyl (C=O) groups is 4. The molecule has 19 heteroatoms. The van der Waals surface area contributed by atoms with E-state index in [-0.39, 0.29) is 25.7 Å². The Balaban J connectivity index is 5.18. The summed E-state index contributed by atoms with van der Waals surface area (Å²) in [5, 5.41) is 10.6. The summed E-state index contributed by atoms with van der Waals surface area (Å²) in [6, 6.07) is 0. The SMILES string of the molecule is CCC(C)CCCCCCCCC(=O)OC[C@H](COP(=O)(O)OCC(O)COP(=O)(O)OC[C@@H](COC(=O)CCCCCCCCC(C)C)OC(=O)CCCCCCCCCCCCCCCCCCC(C)C)OC(=O)CCCCCCCCC(C)CC. The Labute approximate surface area is 537 Å². The Morgan fingerprint density at radius 3 is 0.807 bits per heavy atom. The van der Waals surface area contributed by atoms with E-state index >= 15 is 0 Å². The van der Waals surface area contributed by atoms with Crippen molar-refractivity contribution in [2.24, 2.45) is 23.7 Å². The third-order valence-corrected chi connectivity index (χ3v) is 18.4. The predicted molar refractivity (Wildman–Crippen MR) is 354 cm³/mol. The molecule has 5 unspecified atom stereocenters. The van der Waals surface area contributed by atoms with Crippen molar-refractivity contribution in [1.29, 1.82) is 0 Å². The summed E-state index contributed by atoms with van der Waals surface area (Å²) < 4.78 is 68.1. The van der Waals surface area contributed by atoms with Gasteiger partial charge < -0.3 is 33.8 Å². The van der Waals surface area contributed by atoms with Gasteiger partial charge in [-0.1, -0.05) is 287 Å². The largest absolute Gasteiger partial charge is 0.472 e. The highest BCUT2D eigenvalue weighted by Gasteiger charge is 2.30. The maximum atomic E-state index is 13.0. The molecule has 0 rings (SSSR count). The van der Waals surface area contributed by atoms with Crippen molar-refractivity contribution in [3.8, 4) is 0 Å². The van der Waals surface area contributed by atoms with Crippen LogP contribution in [0.5, 0.6) is 0 Å². The number of rotatable bonds is 66. The number of ether oxygens (including phenoxy) is 4. The number of esters is 4. The van der Waals surface area contributed by atoms with E-state index in [1.165, 1.54) is 128 Å². The lowest BCUT2D eigenvalue weighted by Gasteiger charge is -2.21. The zero-order valence-electron chi connectivity index (χ0n) is 57.3. The van der Waals surface area contributed by atoms with Crippen LogP contribution >= 0.6 is 15.6 Å². The van der Waals surface area contributed by atoms with E-state index < -0.39 is 97.5 Å². The Hall–Kier alpha value is -1.94. The van der Waals surface area contributed by atoms with Crippen LogP contribution in [0.3, 0.4) is 0 Å².